The number of rotatable bonds is 3. The van der Waals surface area contributed by atoms with Crippen molar-refractivity contribution in [1.29, 1.82) is 0 Å². The van der Waals surface area contributed by atoms with Crippen LogP contribution in [0.4, 0.5) is 0 Å². The summed E-state index contributed by atoms with van der Waals surface area (Å²) < 4.78 is 0. The lowest BCUT2D eigenvalue weighted by atomic mass is 9.99. The van der Waals surface area contributed by atoms with E-state index in [4.69, 9.17) is 0 Å². The molecule has 1 unspecified atom stereocenters. The van der Waals surface area contributed by atoms with Crippen molar-refractivity contribution in [2.24, 2.45) is 0 Å². The van der Waals surface area contributed by atoms with Crippen LogP contribution in [0.5, 0.6) is 0 Å². The lowest BCUT2D eigenvalue weighted by Crippen LogP contribution is -2.28. The summed E-state index contributed by atoms with van der Waals surface area (Å²) in [5.74, 6) is 0. The highest BCUT2D eigenvalue weighted by Crippen LogP contribution is 2.61. The van der Waals surface area contributed by atoms with Gasteiger partial charge in [-0.15, -0.1) is 0 Å². The van der Waals surface area contributed by atoms with E-state index in [0.717, 1.165) is 0 Å². The fourth-order valence-electron chi connectivity index (χ4n) is 5.03. The normalized spacial score (nSPS) is 27.4. The van der Waals surface area contributed by atoms with Crippen molar-refractivity contribution >= 4 is 17.8 Å². The Bertz CT molecular complexity index is 205. The van der Waals surface area contributed by atoms with Gasteiger partial charge in [0.15, 0.2) is 0 Å². The third-order valence-electron chi connectivity index (χ3n) is 5.99. The molecule has 2 heteroatoms. The van der Waals surface area contributed by atoms with Gasteiger partial charge in [-0.1, -0.05) is 65.7 Å². The van der Waals surface area contributed by atoms with Gasteiger partial charge in [0.1, 0.15) is 0 Å². The minimum atomic E-state index is 0. The van der Waals surface area contributed by atoms with Crippen molar-refractivity contribution in [1.82, 2.24) is 0 Å². The van der Waals surface area contributed by atoms with Crippen molar-refractivity contribution in [2.45, 2.75) is 113 Å². The van der Waals surface area contributed by atoms with Gasteiger partial charge in [-0.3, -0.25) is 0 Å². The molecule has 1 atom stereocenters. The summed E-state index contributed by atoms with van der Waals surface area (Å²) in [7, 11) is 0.385. The Balaban J connectivity index is 0.00000147. The third kappa shape index (κ3) is 4.43. The first-order valence-corrected chi connectivity index (χ1v) is 10.8. The highest BCUT2D eigenvalue weighted by molar-refractivity contribution is 7.59. The van der Waals surface area contributed by atoms with Crippen molar-refractivity contribution in [2.75, 3.05) is 0 Å². The molecule has 20 heavy (non-hydrogen) atoms. The van der Waals surface area contributed by atoms with Crippen molar-refractivity contribution in [3.63, 3.8) is 0 Å². The predicted octanol–water partition coefficient (Wildman–Crippen LogP) is 6.52. The SMILES string of the molecule is C1CCC(P(C2CCCCC2)C2CCCCC2)CC1.P. The second-order valence-corrected chi connectivity index (χ2v) is 10.4. The van der Waals surface area contributed by atoms with E-state index >= 15 is 0 Å². The highest BCUT2D eigenvalue weighted by atomic mass is 31.1. The minimum Gasteiger partial charge on any atom is -0.153 e. The van der Waals surface area contributed by atoms with Crippen molar-refractivity contribution in [3.8, 4) is 0 Å². The van der Waals surface area contributed by atoms with E-state index in [1.165, 1.54) is 36.2 Å². The number of hydrogen-bond donors (Lipinski definition) is 0. The van der Waals surface area contributed by atoms with Gasteiger partial charge < -0.3 is 0 Å². The zero-order chi connectivity index (χ0) is 12.9. The van der Waals surface area contributed by atoms with E-state index in [2.05, 4.69) is 0 Å². The van der Waals surface area contributed by atoms with Crippen LogP contribution in [-0.2, 0) is 0 Å². The van der Waals surface area contributed by atoms with Crippen LogP contribution in [0.25, 0.3) is 0 Å². The summed E-state index contributed by atoms with van der Waals surface area (Å²) >= 11 is 0. The topological polar surface area (TPSA) is 0 Å². The summed E-state index contributed by atoms with van der Waals surface area (Å²) in [4.78, 5) is 0. The molecule has 0 nitrogen and oxygen atoms in total. The molecular formula is C18H36P2. The molecule has 118 valence electrons. The minimum absolute atomic E-state index is 0. The first-order valence-electron chi connectivity index (χ1n) is 9.22. The summed E-state index contributed by atoms with van der Waals surface area (Å²) in [6, 6.07) is 0. The van der Waals surface area contributed by atoms with Crippen LogP contribution in [0.15, 0.2) is 0 Å². The molecule has 0 saturated heterocycles. The maximum atomic E-state index is 1.61. The lowest BCUT2D eigenvalue weighted by Gasteiger charge is -2.44. The van der Waals surface area contributed by atoms with Crippen LogP contribution < -0.4 is 0 Å². The molecule has 0 heterocycles. The Kier molecular flexibility index (Phi) is 7.84. The average molecular weight is 314 g/mol. The number of hydrogen-bond acceptors (Lipinski definition) is 0. The third-order valence-corrected chi connectivity index (χ3v) is 10.1. The molecular weight excluding hydrogens is 278 g/mol. The van der Waals surface area contributed by atoms with Gasteiger partial charge in [0.25, 0.3) is 0 Å². The molecule has 3 rings (SSSR count). The molecule has 0 amide bonds. The zero-order valence-corrected chi connectivity index (χ0v) is 15.8. The molecule has 3 aliphatic rings. The largest absolute Gasteiger partial charge is 0.153 e. The molecule has 0 bridgehead atoms. The van der Waals surface area contributed by atoms with Gasteiger partial charge >= 0.3 is 0 Å². The van der Waals surface area contributed by atoms with Gasteiger partial charge in [-0.2, -0.15) is 9.90 Å². The van der Waals surface area contributed by atoms with Gasteiger partial charge in [0, 0.05) is 0 Å². The first-order chi connectivity index (χ1) is 9.45. The fraction of sp³-hybridized carbons (Fsp3) is 1.00. The quantitative estimate of drug-likeness (QED) is 0.520. The standard InChI is InChI=1S/C18H33P.H3P/c1-4-10-16(11-5-1)19(17-12-6-2-7-13-17)18-14-8-3-9-15-18;/h16-18H,1-15H2;1H3. The summed E-state index contributed by atoms with van der Waals surface area (Å²) in [5.41, 5.74) is 3.57. The Morgan fingerprint density at radius 1 is 0.400 bits per heavy atom. The predicted molar refractivity (Wildman–Crippen MR) is 98.6 cm³/mol. The van der Waals surface area contributed by atoms with Crippen LogP contribution in [0.3, 0.4) is 0 Å². The van der Waals surface area contributed by atoms with Crippen LogP contribution in [0.2, 0.25) is 0 Å². The van der Waals surface area contributed by atoms with Crippen molar-refractivity contribution in [3.05, 3.63) is 0 Å². The van der Waals surface area contributed by atoms with Gasteiger partial charge in [-0.05, 0) is 55.5 Å². The molecule has 0 N–H and O–H groups in total. The summed E-state index contributed by atoms with van der Waals surface area (Å²) in [6.45, 7) is 0. The first kappa shape index (κ1) is 17.2. The molecule has 0 aliphatic heterocycles. The molecule has 0 aromatic heterocycles. The Morgan fingerprint density at radius 3 is 0.900 bits per heavy atom. The van der Waals surface area contributed by atoms with Gasteiger partial charge in [0.05, 0.1) is 0 Å². The second-order valence-electron chi connectivity index (χ2n) is 7.32. The zero-order valence-electron chi connectivity index (χ0n) is 13.5. The maximum absolute atomic E-state index is 1.61. The van der Waals surface area contributed by atoms with E-state index in [9.17, 15) is 0 Å². The maximum Gasteiger partial charge on any atom is -0.0204 e. The highest BCUT2D eigenvalue weighted by Gasteiger charge is 2.36. The van der Waals surface area contributed by atoms with Crippen LogP contribution in [-0.4, -0.2) is 17.0 Å². The average Bonchev–Trinajstić information content (AvgIpc) is 2.51. The molecule has 3 aliphatic carbocycles. The molecule has 0 spiro atoms. The molecule has 0 aromatic carbocycles. The molecule has 0 radical (unpaired) electrons. The molecule has 3 saturated carbocycles. The van der Waals surface area contributed by atoms with Crippen LogP contribution >= 0.6 is 17.8 Å². The van der Waals surface area contributed by atoms with Crippen molar-refractivity contribution < 1.29 is 0 Å². The monoisotopic (exact) mass is 314 g/mol. The fourth-order valence-corrected chi connectivity index (χ4v) is 9.71. The van der Waals surface area contributed by atoms with E-state index < -0.39 is 0 Å². The lowest BCUT2D eigenvalue weighted by molar-refractivity contribution is 0.460. The van der Waals surface area contributed by atoms with E-state index in [0.29, 0.717) is 7.92 Å². The van der Waals surface area contributed by atoms with Crippen LogP contribution in [0, 0.1) is 0 Å². The summed E-state index contributed by atoms with van der Waals surface area (Å²) in [6.07, 6.45) is 23.6. The smallest absolute Gasteiger partial charge is 0.0204 e. The Labute approximate surface area is 131 Å². The summed E-state index contributed by atoms with van der Waals surface area (Å²) in [5, 5.41) is 0. The Morgan fingerprint density at radius 2 is 0.650 bits per heavy atom. The van der Waals surface area contributed by atoms with E-state index in [1.807, 2.05) is 0 Å². The van der Waals surface area contributed by atoms with E-state index in [1.54, 1.807) is 77.0 Å². The molecule has 0 aromatic rings. The van der Waals surface area contributed by atoms with Gasteiger partial charge in [-0.25, -0.2) is 0 Å². The van der Waals surface area contributed by atoms with E-state index in [-0.39, 0.29) is 9.90 Å². The molecule has 3 fully saturated rings. The van der Waals surface area contributed by atoms with Crippen LogP contribution in [0.1, 0.15) is 96.3 Å². The Hall–Kier alpha value is 0.860. The second kappa shape index (κ2) is 9.10. The van der Waals surface area contributed by atoms with Gasteiger partial charge in [0.2, 0.25) is 0 Å².